The molecule has 1 amide bonds. The quantitative estimate of drug-likeness (QED) is 0.701. The van der Waals surface area contributed by atoms with Gasteiger partial charge in [-0.3, -0.25) is 4.79 Å². The molecule has 1 aromatic rings. The minimum absolute atomic E-state index is 0.102. The normalized spacial score (nSPS) is 35.9. The molecule has 1 aromatic heterocycles. The molecule has 0 unspecified atom stereocenters. The Morgan fingerprint density at radius 1 is 1.14 bits per heavy atom. The van der Waals surface area contributed by atoms with E-state index in [0.29, 0.717) is 19.6 Å². The number of hydrogen-bond donors (Lipinski definition) is 0. The summed E-state index contributed by atoms with van der Waals surface area (Å²) in [6.07, 6.45) is 9.85. The maximum Gasteiger partial charge on any atom is 0.335 e. The molecule has 1 aliphatic heterocycles. The zero-order valence-electron chi connectivity index (χ0n) is 16.3. The third kappa shape index (κ3) is 3.36. The molecule has 5 aliphatic rings. The van der Waals surface area contributed by atoms with Crippen LogP contribution in [0.5, 0.6) is 0 Å². The van der Waals surface area contributed by atoms with Crippen molar-refractivity contribution < 1.29 is 23.5 Å². The van der Waals surface area contributed by atoms with Crippen molar-refractivity contribution in [3.05, 3.63) is 24.2 Å². The average Bonchev–Trinajstić information content (AvgIpc) is 3.36. The molecule has 6 nitrogen and oxygen atoms in total. The number of esters is 1. The van der Waals surface area contributed by atoms with Crippen LogP contribution in [0.15, 0.2) is 22.8 Å². The lowest BCUT2D eigenvalue weighted by Crippen LogP contribution is -2.61. The largest absolute Gasteiger partial charge is 0.467 e. The lowest BCUT2D eigenvalue weighted by Gasteiger charge is -2.60. The lowest BCUT2D eigenvalue weighted by atomic mass is 9.52. The van der Waals surface area contributed by atoms with Gasteiger partial charge >= 0.3 is 5.97 Å². The van der Waals surface area contributed by atoms with Crippen LogP contribution in [-0.4, -0.2) is 41.6 Å². The Kier molecular flexibility index (Phi) is 4.69. The summed E-state index contributed by atoms with van der Waals surface area (Å²) in [4.78, 5) is 27.5. The van der Waals surface area contributed by atoms with E-state index < -0.39 is 12.1 Å². The van der Waals surface area contributed by atoms with Gasteiger partial charge < -0.3 is 18.8 Å². The van der Waals surface area contributed by atoms with E-state index in [1.54, 1.807) is 6.26 Å². The molecule has 0 spiro atoms. The summed E-state index contributed by atoms with van der Waals surface area (Å²) < 4.78 is 16.3. The third-order valence-electron chi connectivity index (χ3n) is 7.30. The van der Waals surface area contributed by atoms with Crippen LogP contribution in [0.4, 0.5) is 0 Å². The Hall–Kier alpha value is -1.82. The molecular formula is C22H29NO5. The second kappa shape index (κ2) is 7.21. The van der Waals surface area contributed by atoms with Crippen molar-refractivity contribution >= 4 is 11.9 Å². The summed E-state index contributed by atoms with van der Waals surface area (Å²) in [6, 6.07) is 3.77. The molecule has 4 saturated carbocycles. The van der Waals surface area contributed by atoms with Crippen LogP contribution in [0.3, 0.4) is 0 Å². The summed E-state index contributed by atoms with van der Waals surface area (Å²) >= 11 is 0. The Morgan fingerprint density at radius 3 is 2.43 bits per heavy atom. The first kappa shape index (κ1) is 18.2. The van der Waals surface area contributed by atoms with E-state index in [4.69, 9.17) is 13.9 Å². The fraction of sp³-hybridized carbons (Fsp3) is 0.727. The standard InChI is InChI=1S/C22H29NO5/c24-20(14-28-21(25)19-4-2-6-27-19)23(13-18-3-1-5-26-18)22-10-15-7-16(11-22)9-17(8-15)12-22/h1,3,5,15-17,19H,2,4,6-14H2/t15?,16?,17?,19-,22?/m0/s1. The second-order valence-corrected chi connectivity index (χ2v) is 9.31. The Morgan fingerprint density at radius 2 is 1.86 bits per heavy atom. The molecule has 1 atom stereocenters. The fourth-order valence-electron chi connectivity index (χ4n) is 6.54. The van der Waals surface area contributed by atoms with Crippen LogP contribution in [-0.2, 0) is 25.6 Å². The van der Waals surface area contributed by atoms with Gasteiger partial charge in [0.15, 0.2) is 12.7 Å². The van der Waals surface area contributed by atoms with Crippen LogP contribution in [0.25, 0.3) is 0 Å². The highest BCUT2D eigenvalue weighted by Crippen LogP contribution is 2.58. The van der Waals surface area contributed by atoms with Gasteiger partial charge in [0.2, 0.25) is 0 Å². The van der Waals surface area contributed by atoms with Crippen molar-refractivity contribution in [1.82, 2.24) is 4.90 Å². The summed E-state index contributed by atoms with van der Waals surface area (Å²) in [5, 5.41) is 0. The SMILES string of the molecule is O=C(OCC(=O)N(Cc1ccco1)C12CC3CC(CC(C3)C1)C2)[C@@H]1CCCO1. The van der Waals surface area contributed by atoms with Gasteiger partial charge in [0, 0.05) is 12.1 Å². The molecule has 0 aromatic carbocycles. The van der Waals surface area contributed by atoms with Gasteiger partial charge in [-0.05, 0) is 81.3 Å². The first-order chi connectivity index (χ1) is 13.6. The Balaban J connectivity index is 1.33. The van der Waals surface area contributed by atoms with E-state index >= 15 is 0 Å². The van der Waals surface area contributed by atoms with Crippen molar-refractivity contribution in [3.8, 4) is 0 Å². The minimum Gasteiger partial charge on any atom is -0.467 e. The van der Waals surface area contributed by atoms with Gasteiger partial charge in [0.25, 0.3) is 5.91 Å². The summed E-state index contributed by atoms with van der Waals surface area (Å²) in [7, 11) is 0. The molecule has 4 aliphatic carbocycles. The zero-order chi connectivity index (χ0) is 19.1. The Bertz CT molecular complexity index is 686. The van der Waals surface area contributed by atoms with Crippen LogP contribution in [0.1, 0.15) is 57.1 Å². The molecule has 4 bridgehead atoms. The molecule has 1 saturated heterocycles. The smallest absolute Gasteiger partial charge is 0.335 e. The van der Waals surface area contributed by atoms with Crippen LogP contribution in [0.2, 0.25) is 0 Å². The van der Waals surface area contributed by atoms with Crippen molar-refractivity contribution in [2.45, 2.75) is 69.6 Å². The predicted octanol–water partition coefficient (Wildman–Crippen LogP) is 3.30. The molecule has 5 fully saturated rings. The fourth-order valence-corrected chi connectivity index (χ4v) is 6.54. The molecule has 0 radical (unpaired) electrons. The van der Waals surface area contributed by atoms with E-state index in [-0.39, 0.29) is 18.1 Å². The second-order valence-electron chi connectivity index (χ2n) is 9.31. The third-order valence-corrected chi connectivity index (χ3v) is 7.30. The van der Waals surface area contributed by atoms with Crippen molar-refractivity contribution in [2.24, 2.45) is 17.8 Å². The predicted molar refractivity (Wildman–Crippen MR) is 100 cm³/mol. The molecular weight excluding hydrogens is 358 g/mol. The van der Waals surface area contributed by atoms with Crippen LogP contribution >= 0.6 is 0 Å². The Labute approximate surface area is 165 Å². The number of hydrogen-bond acceptors (Lipinski definition) is 5. The average molecular weight is 387 g/mol. The van der Waals surface area contributed by atoms with Crippen molar-refractivity contribution in [2.75, 3.05) is 13.2 Å². The lowest BCUT2D eigenvalue weighted by molar-refractivity contribution is -0.168. The van der Waals surface area contributed by atoms with E-state index in [2.05, 4.69) is 0 Å². The van der Waals surface area contributed by atoms with Crippen molar-refractivity contribution in [1.29, 1.82) is 0 Å². The molecule has 6 heteroatoms. The molecule has 6 rings (SSSR count). The van der Waals surface area contributed by atoms with E-state index in [9.17, 15) is 9.59 Å². The van der Waals surface area contributed by atoms with Gasteiger partial charge in [0.1, 0.15) is 5.76 Å². The number of amides is 1. The van der Waals surface area contributed by atoms with Gasteiger partial charge in [-0.25, -0.2) is 4.79 Å². The number of nitrogens with zero attached hydrogens (tertiary/aromatic N) is 1. The van der Waals surface area contributed by atoms with Crippen LogP contribution < -0.4 is 0 Å². The highest BCUT2D eigenvalue weighted by molar-refractivity contribution is 5.82. The number of carbonyl (C=O) groups excluding carboxylic acids is 2. The van der Waals surface area contributed by atoms with E-state index in [0.717, 1.165) is 49.2 Å². The summed E-state index contributed by atoms with van der Waals surface area (Å²) in [5.41, 5.74) is -0.102. The first-order valence-corrected chi connectivity index (χ1v) is 10.7. The highest BCUT2D eigenvalue weighted by atomic mass is 16.6. The van der Waals surface area contributed by atoms with Crippen molar-refractivity contribution in [3.63, 3.8) is 0 Å². The number of carbonyl (C=O) groups is 2. The highest BCUT2D eigenvalue weighted by Gasteiger charge is 2.54. The van der Waals surface area contributed by atoms with Gasteiger partial charge in [0.05, 0.1) is 12.8 Å². The molecule has 2 heterocycles. The monoisotopic (exact) mass is 387 g/mol. The summed E-state index contributed by atoms with van der Waals surface area (Å²) in [5.74, 6) is 2.46. The maximum absolute atomic E-state index is 13.3. The van der Waals surface area contributed by atoms with Gasteiger partial charge in [-0.1, -0.05) is 0 Å². The summed E-state index contributed by atoms with van der Waals surface area (Å²) in [6.45, 7) is 0.836. The minimum atomic E-state index is -0.508. The van der Waals surface area contributed by atoms with E-state index in [1.807, 2.05) is 17.0 Å². The maximum atomic E-state index is 13.3. The molecule has 152 valence electrons. The molecule has 28 heavy (non-hydrogen) atoms. The number of rotatable bonds is 6. The first-order valence-electron chi connectivity index (χ1n) is 10.7. The number of ether oxygens (including phenoxy) is 2. The topological polar surface area (TPSA) is 69.0 Å². The molecule has 0 N–H and O–H groups in total. The zero-order valence-corrected chi connectivity index (χ0v) is 16.3. The number of furan rings is 1. The van der Waals surface area contributed by atoms with Gasteiger partial charge in [-0.2, -0.15) is 0 Å². The van der Waals surface area contributed by atoms with Gasteiger partial charge in [-0.15, -0.1) is 0 Å². The van der Waals surface area contributed by atoms with E-state index in [1.165, 1.54) is 19.3 Å². The van der Waals surface area contributed by atoms with Crippen LogP contribution in [0, 0.1) is 17.8 Å².